The summed E-state index contributed by atoms with van der Waals surface area (Å²) >= 11 is 6.03. The first-order chi connectivity index (χ1) is 17.0. The van der Waals surface area contributed by atoms with Crippen LogP contribution in [-0.2, 0) is 20.7 Å². The van der Waals surface area contributed by atoms with Gasteiger partial charge in [-0.1, -0.05) is 35.9 Å². The number of carbonyl (C=O) groups excluding carboxylic acids is 2. The Morgan fingerprint density at radius 1 is 1.14 bits per heavy atom. The lowest BCUT2D eigenvalue weighted by molar-refractivity contribution is -0.148. The fraction of sp³-hybridized carbons (Fsp3) is 0.481. The van der Waals surface area contributed by atoms with E-state index >= 15 is 0 Å². The van der Waals surface area contributed by atoms with Crippen LogP contribution in [0.2, 0.25) is 5.02 Å². The van der Waals surface area contributed by atoms with E-state index in [1.807, 2.05) is 12.1 Å². The first kappa shape index (κ1) is 29.5. The third-order valence-corrected chi connectivity index (χ3v) is 5.50. The summed E-state index contributed by atoms with van der Waals surface area (Å²) in [6.45, 7) is 7.85. The van der Waals surface area contributed by atoms with Crippen LogP contribution in [0.3, 0.4) is 0 Å². The van der Waals surface area contributed by atoms with E-state index in [-0.39, 0.29) is 25.0 Å². The van der Waals surface area contributed by atoms with Gasteiger partial charge in [0.15, 0.2) is 0 Å². The van der Waals surface area contributed by atoms with Gasteiger partial charge in [-0.2, -0.15) is 0 Å². The highest BCUT2D eigenvalue weighted by atomic mass is 35.5. The molecular weight excluding hydrogens is 487 g/mol. The molecule has 2 atom stereocenters. The quantitative estimate of drug-likeness (QED) is 0.275. The minimum Gasteiger partial charge on any atom is -0.466 e. The molecular formula is C27H36ClFN2O5. The number of hydrogen-bond donors (Lipinski definition) is 3. The van der Waals surface area contributed by atoms with E-state index in [9.17, 15) is 14.0 Å². The maximum absolute atomic E-state index is 14.3. The Balaban J connectivity index is 2.23. The van der Waals surface area contributed by atoms with E-state index in [2.05, 4.69) is 10.6 Å². The molecule has 0 aliphatic heterocycles. The number of halogens is 2. The minimum atomic E-state index is -0.680. The molecule has 1 unspecified atom stereocenters. The van der Waals surface area contributed by atoms with Crippen LogP contribution in [0.4, 0.5) is 9.18 Å². The van der Waals surface area contributed by atoms with E-state index in [1.165, 1.54) is 12.1 Å². The number of alkyl carbamates (subject to hydrolysis) is 1. The third kappa shape index (κ3) is 10.1. The molecule has 0 aliphatic rings. The Morgan fingerprint density at radius 3 is 2.44 bits per heavy atom. The second kappa shape index (κ2) is 14.2. The van der Waals surface area contributed by atoms with Crippen LogP contribution in [-0.4, -0.2) is 55.1 Å². The highest BCUT2D eigenvalue weighted by Crippen LogP contribution is 2.27. The van der Waals surface area contributed by atoms with E-state index in [1.54, 1.807) is 45.9 Å². The zero-order chi connectivity index (χ0) is 26.7. The molecule has 3 N–H and O–H groups in total. The molecule has 0 saturated carbocycles. The van der Waals surface area contributed by atoms with Crippen molar-refractivity contribution in [2.75, 3.05) is 26.3 Å². The van der Waals surface area contributed by atoms with Crippen molar-refractivity contribution in [1.82, 2.24) is 10.6 Å². The number of ether oxygens (including phenoxy) is 2. The zero-order valence-corrected chi connectivity index (χ0v) is 22.0. The number of hydrogen-bond acceptors (Lipinski definition) is 6. The van der Waals surface area contributed by atoms with Gasteiger partial charge >= 0.3 is 12.1 Å². The molecule has 0 spiro atoms. The first-order valence-electron chi connectivity index (χ1n) is 12.0. The van der Waals surface area contributed by atoms with E-state index in [0.29, 0.717) is 42.1 Å². The topological polar surface area (TPSA) is 96.9 Å². The number of benzene rings is 2. The minimum absolute atomic E-state index is 0.0608. The maximum Gasteiger partial charge on any atom is 0.407 e. The molecule has 198 valence electrons. The van der Waals surface area contributed by atoms with Crippen LogP contribution in [0.25, 0.3) is 11.1 Å². The summed E-state index contributed by atoms with van der Waals surface area (Å²) in [4.78, 5) is 25.1. The molecule has 0 radical (unpaired) electrons. The van der Waals surface area contributed by atoms with Gasteiger partial charge in [-0.25, -0.2) is 9.18 Å². The first-order valence-corrected chi connectivity index (χ1v) is 12.4. The predicted molar refractivity (Wildman–Crippen MR) is 138 cm³/mol. The number of nitrogens with one attached hydrogen (secondary N) is 2. The second-order valence-electron chi connectivity index (χ2n) is 9.48. The van der Waals surface area contributed by atoms with Gasteiger partial charge in [-0.05, 0) is 69.9 Å². The molecule has 2 aromatic carbocycles. The molecule has 0 saturated heterocycles. The summed E-state index contributed by atoms with van der Waals surface area (Å²) in [5.74, 6) is -1.30. The molecule has 9 heteroatoms. The predicted octanol–water partition coefficient (Wildman–Crippen LogP) is 4.73. The molecule has 2 aromatic rings. The standard InChI is InChI=1S/C27H36ClFN2O5/c1-5-35-25(33)20(17-30-12-13-32)15-22(31-26(34)36-27(2,3)4)14-18-6-8-19(9-7-18)23-16-21(28)10-11-24(23)29/h6-11,16,20,22,30,32H,5,12-15,17H2,1-4H3,(H,31,34)/t20?,22-/m1/s1. The number of rotatable bonds is 12. The average Bonchev–Trinajstić information content (AvgIpc) is 2.79. The molecule has 2 rings (SSSR count). The summed E-state index contributed by atoms with van der Waals surface area (Å²) in [6.07, 6.45) is 0.116. The van der Waals surface area contributed by atoms with Crippen molar-refractivity contribution >= 4 is 23.7 Å². The van der Waals surface area contributed by atoms with Gasteiger partial charge < -0.3 is 25.2 Å². The normalized spacial score (nSPS) is 13.1. The summed E-state index contributed by atoms with van der Waals surface area (Å²) in [5, 5.41) is 15.4. The Hall–Kier alpha value is -2.68. The van der Waals surface area contributed by atoms with Crippen LogP contribution in [0.5, 0.6) is 0 Å². The molecule has 0 bridgehead atoms. The molecule has 0 heterocycles. The van der Waals surface area contributed by atoms with Crippen LogP contribution >= 0.6 is 11.6 Å². The van der Waals surface area contributed by atoms with Crippen molar-refractivity contribution in [3.05, 3.63) is 58.9 Å². The fourth-order valence-corrected chi connectivity index (χ4v) is 3.89. The lowest BCUT2D eigenvalue weighted by Crippen LogP contribution is -2.43. The highest BCUT2D eigenvalue weighted by Gasteiger charge is 2.27. The molecule has 0 aromatic heterocycles. The van der Waals surface area contributed by atoms with Gasteiger partial charge in [0.25, 0.3) is 0 Å². The average molecular weight is 523 g/mol. The van der Waals surface area contributed by atoms with Crippen LogP contribution in [0, 0.1) is 11.7 Å². The van der Waals surface area contributed by atoms with Crippen molar-refractivity contribution in [3.8, 4) is 11.1 Å². The molecule has 0 fully saturated rings. The summed E-state index contributed by atoms with van der Waals surface area (Å²) in [6, 6.07) is 11.2. The lowest BCUT2D eigenvalue weighted by Gasteiger charge is -2.26. The second-order valence-corrected chi connectivity index (χ2v) is 9.92. The molecule has 36 heavy (non-hydrogen) atoms. The van der Waals surface area contributed by atoms with Crippen molar-refractivity contribution in [2.24, 2.45) is 5.92 Å². The van der Waals surface area contributed by atoms with E-state index < -0.39 is 23.7 Å². The largest absolute Gasteiger partial charge is 0.466 e. The van der Waals surface area contributed by atoms with Gasteiger partial charge in [0.2, 0.25) is 0 Å². The monoisotopic (exact) mass is 522 g/mol. The fourth-order valence-electron chi connectivity index (χ4n) is 3.71. The Morgan fingerprint density at radius 2 is 1.83 bits per heavy atom. The van der Waals surface area contributed by atoms with Crippen molar-refractivity contribution < 1.29 is 28.6 Å². The van der Waals surface area contributed by atoms with Crippen LogP contribution < -0.4 is 10.6 Å². The van der Waals surface area contributed by atoms with Crippen molar-refractivity contribution in [3.63, 3.8) is 0 Å². The molecule has 1 amide bonds. The number of aliphatic hydroxyl groups excluding tert-OH is 1. The van der Waals surface area contributed by atoms with Crippen molar-refractivity contribution in [1.29, 1.82) is 0 Å². The number of esters is 1. The van der Waals surface area contributed by atoms with Crippen LogP contribution in [0.1, 0.15) is 39.7 Å². The maximum atomic E-state index is 14.3. The zero-order valence-electron chi connectivity index (χ0n) is 21.3. The van der Waals surface area contributed by atoms with Gasteiger partial charge in [0.05, 0.1) is 19.1 Å². The van der Waals surface area contributed by atoms with E-state index in [4.69, 9.17) is 26.2 Å². The Labute approximate surface area is 217 Å². The highest BCUT2D eigenvalue weighted by molar-refractivity contribution is 6.30. The summed E-state index contributed by atoms with van der Waals surface area (Å²) in [7, 11) is 0. The number of amides is 1. The van der Waals surface area contributed by atoms with Crippen molar-refractivity contribution in [2.45, 2.75) is 52.2 Å². The molecule has 7 nitrogen and oxygen atoms in total. The van der Waals surface area contributed by atoms with E-state index in [0.717, 1.165) is 5.56 Å². The summed E-state index contributed by atoms with van der Waals surface area (Å²) in [5.41, 5.74) is 1.27. The van der Waals surface area contributed by atoms with Gasteiger partial charge in [0.1, 0.15) is 11.4 Å². The molecule has 0 aliphatic carbocycles. The van der Waals surface area contributed by atoms with Crippen LogP contribution in [0.15, 0.2) is 42.5 Å². The Kier molecular flexibility index (Phi) is 11.6. The lowest BCUT2D eigenvalue weighted by atomic mass is 9.93. The smallest absolute Gasteiger partial charge is 0.407 e. The third-order valence-electron chi connectivity index (χ3n) is 5.26. The Bertz CT molecular complexity index is 995. The van der Waals surface area contributed by atoms with Gasteiger partial charge in [-0.15, -0.1) is 0 Å². The summed E-state index contributed by atoms with van der Waals surface area (Å²) < 4.78 is 24.9. The number of aliphatic hydroxyl groups is 1. The SMILES string of the molecule is CCOC(=O)C(CNCCO)C[C@@H](Cc1ccc(-c2cc(Cl)ccc2F)cc1)NC(=O)OC(C)(C)C. The number of carbonyl (C=O) groups is 2. The van der Waals surface area contributed by atoms with Gasteiger partial charge in [0, 0.05) is 29.7 Å². The van der Waals surface area contributed by atoms with Gasteiger partial charge in [-0.3, -0.25) is 4.79 Å².